The van der Waals surface area contributed by atoms with Crippen LogP contribution in [0, 0.1) is 0 Å². The maximum Gasteiger partial charge on any atom is 0.407 e. The molecule has 1 fully saturated rings. The zero-order valence-corrected chi connectivity index (χ0v) is 10.1. The number of ether oxygens (including phenoxy) is 1. The van der Waals surface area contributed by atoms with Gasteiger partial charge in [0.05, 0.1) is 6.04 Å². The van der Waals surface area contributed by atoms with Gasteiger partial charge in [0.25, 0.3) is 0 Å². The predicted octanol–water partition coefficient (Wildman–Crippen LogP) is 0.439. The molecule has 0 atom stereocenters. The highest BCUT2D eigenvalue weighted by Gasteiger charge is 2.30. The molecule has 1 aliphatic rings. The topological polar surface area (TPSA) is 67.6 Å². The van der Waals surface area contributed by atoms with Crippen LogP contribution in [0.1, 0.15) is 20.8 Å². The number of nitrogens with zero attached hydrogens (tertiary/aromatic N) is 1. The summed E-state index contributed by atoms with van der Waals surface area (Å²) in [7, 11) is 0. The minimum atomic E-state index is -0.462. The SMILES string of the molecule is CC(C)(C)OC(=O)NC1CN(C(N)=S)C1. The van der Waals surface area contributed by atoms with Gasteiger partial charge in [-0.1, -0.05) is 0 Å². The zero-order valence-electron chi connectivity index (χ0n) is 9.24. The van der Waals surface area contributed by atoms with Crippen LogP contribution in [0.3, 0.4) is 0 Å². The van der Waals surface area contributed by atoms with E-state index in [1.807, 2.05) is 25.7 Å². The van der Waals surface area contributed by atoms with Crippen LogP contribution in [0.15, 0.2) is 0 Å². The minimum Gasteiger partial charge on any atom is -0.444 e. The first-order valence-electron chi connectivity index (χ1n) is 4.82. The number of carbonyl (C=O) groups is 1. The summed E-state index contributed by atoms with van der Waals surface area (Å²) in [6.45, 7) is 6.81. The molecule has 0 spiro atoms. The lowest BCUT2D eigenvalue weighted by Crippen LogP contribution is -2.62. The summed E-state index contributed by atoms with van der Waals surface area (Å²) in [6.07, 6.45) is -0.393. The van der Waals surface area contributed by atoms with Crippen LogP contribution >= 0.6 is 12.2 Å². The van der Waals surface area contributed by atoms with Gasteiger partial charge >= 0.3 is 6.09 Å². The highest BCUT2D eigenvalue weighted by atomic mass is 32.1. The fourth-order valence-corrected chi connectivity index (χ4v) is 1.37. The van der Waals surface area contributed by atoms with Gasteiger partial charge in [-0.15, -0.1) is 0 Å². The van der Waals surface area contributed by atoms with Gasteiger partial charge in [0, 0.05) is 13.1 Å². The molecule has 6 heteroatoms. The molecule has 0 bridgehead atoms. The lowest BCUT2D eigenvalue weighted by atomic mass is 10.1. The van der Waals surface area contributed by atoms with Crippen molar-refractivity contribution in [1.29, 1.82) is 0 Å². The van der Waals surface area contributed by atoms with Gasteiger partial charge in [0.1, 0.15) is 5.60 Å². The van der Waals surface area contributed by atoms with Gasteiger partial charge in [-0.25, -0.2) is 4.79 Å². The van der Waals surface area contributed by atoms with E-state index < -0.39 is 11.7 Å². The third-order valence-corrected chi connectivity index (χ3v) is 2.17. The summed E-state index contributed by atoms with van der Waals surface area (Å²) in [5.74, 6) is 0. The highest BCUT2D eigenvalue weighted by molar-refractivity contribution is 7.80. The number of likely N-dealkylation sites (tertiary alicyclic amines) is 1. The van der Waals surface area contributed by atoms with Gasteiger partial charge in [-0.05, 0) is 33.0 Å². The molecule has 1 heterocycles. The van der Waals surface area contributed by atoms with Crippen LogP contribution in [-0.2, 0) is 4.74 Å². The molecule has 1 saturated heterocycles. The number of nitrogens with one attached hydrogen (secondary N) is 1. The second-order valence-corrected chi connectivity index (χ2v) is 5.00. The number of thiocarbonyl (C=S) groups is 1. The summed E-state index contributed by atoms with van der Waals surface area (Å²) in [5, 5.41) is 3.11. The predicted molar refractivity (Wildman–Crippen MR) is 61.5 cm³/mol. The van der Waals surface area contributed by atoms with Crippen molar-refractivity contribution in [3.05, 3.63) is 0 Å². The Morgan fingerprint density at radius 2 is 2.07 bits per heavy atom. The van der Waals surface area contributed by atoms with Crippen molar-refractivity contribution in [3.63, 3.8) is 0 Å². The molecule has 0 radical (unpaired) electrons. The number of hydrogen-bond acceptors (Lipinski definition) is 3. The third kappa shape index (κ3) is 3.91. The highest BCUT2D eigenvalue weighted by Crippen LogP contribution is 2.10. The molecule has 0 unspecified atom stereocenters. The van der Waals surface area contributed by atoms with E-state index in [0.717, 1.165) is 0 Å². The molecule has 3 N–H and O–H groups in total. The molecule has 0 saturated carbocycles. The van der Waals surface area contributed by atoms with Crippen molar-refractivity contribution in [2.75, 3.05) is 13.1 Å². The number of carbonyl (C=O) groups excluding carboxylic acids is 1. The first kappa shape index (κ1) is 12.0. The third-order valence-electron chi connectivity index (χ3n) is 1.91. The Balaban J connectivity index is 2.22. The molecular formula is C9H17N3O2S. The van der Waals surface area contributed by atoms with E-state index in [4.69, 9.17) is 22.7 Å². The van der Waals surface area contributed by atoms with E-state index in [1.54, 1.807) is 0 Å². The van der Waals surface area contributed by atoms with E-state index in [9.17, 15) is 4.79 Å². The zero-order chi connectivity index (χ0) is 11.6. The maximum atomic E-state index is 11.3. The molecule has 5 nitrogen and oxygen atoms in total. The second-order valence-electron chi connectivity index (χ2n) is 4.59. The Hall–Kier alpha value is -1.04. The molecule has 1 amide bonds. The number of amides is 1. The molecule has 0 aromatic carbocycles. The summed E-state index contributed by atoms with van der Waals surface area (Å²) in [5.41, 5.74) is 4.94. The Morgan fingerprint density at radius 3 is 2.47 bits per heavy atom. The second kappa shape index (κ2) is 4.22. The van der Waals surface area contributed by atoms with Gasteiger partial charge in [-0.2, -0.15) is 0 Å². The molecule has 0 aromatic rings. The first-order chi connectivity index (χ1) is 6.78. The smallest absolute Gasteiger partial charge is 0.407 e. The fraction of sp³-hybridized carbons (Fsp3) is 0.778. The molecule has 15 heavy (non-hydrogen) atoms. The van der Waals surface area contributed by atoms with Crippen LogP contribution in [-0.4, -0.2) is 40.8 Å². The Bertz CT molecular complexity index is 269. The van der Waals surface area contributed by atoms with E-state index in [2.05, 4.69) is 5.32 Å². The maximum absolute atomic E-state index is 11.3. The Kier molecular flexibility index (Phi) is 3.38. The molecule has 86 valence electrons. The van der Waals surface area contributed by atoms with E-state index in [1.165, 1.54) is 0 Å². The van der Waals surface area contributed by atoms with E-state index in [0.29, 0.717) is 18.2 Å². The summed E-state index contributed by atoms with van der Waals surface area (Å²) >= 11 is 4.78. The van der Waals surface area contributed by atoms with Crippen LogP contribution in [0.4, 0.5) is 4.79 Å². The van der Waals surface area contributed by atoms with E-state index in [-0.39, 0.29) is 6.04 Å². The summed E-state index contributed by atoms with van der Waals surface area (Å²) in [4.78, 5) is 13.1. The summed E-state index contributed by atoms with van der Waals surface area (Å²) in [6, 6.07) is 0.0846. The lowest BCUT2D eigenvalue weighted by Gasteiger charge is -2.39. The van der Waals surface area contributed by atoms with Crippen molar-refractivity contribution in [3.8, 4) is 0 Å². The standard InChI is InChI=1S/C9H17N3O2S/c1-9(2,3)14-8(13)11-6-4-12(5-6)7(10)15/h6H,4-5H2,1-3H3,(H2,10,15)(H,11,13). The number of rotatable bonds is 1. The number of alkyl carbamates (subject to hydrolysis) is 1. The van der Waals surface area contributed by atoms with Crippen molar-refractivity contribution < 1.29 is 9.53 Å². The monoisotopic (exact) mass is 231 g/mol. The fourth-order valence-electron chi connectivity index (χ4n) is 1.22. The van der Waals surface area contributed by atoms with Gasteiger partial charge in [-0.3, -0.25) is 0 Å². The number of nitrogens with two attached hydrogens (primary N) is 1. The normalized spacial score (nSPS) is 16.9. The van der Waals surface area contributed by atoms with Crippen molar-refractivity contribution in [2.24, 2.45) is 5.73 Å². The lowest BCUT2D eigenvalue weighted by molar-refractivity contribution is 0.0455. The average molecular weight is 231 g/mol. The first-order valence-corrected chi connectivity index (χ1v) is 5.22. The van der Waals surface area contributed by atoms with Crippen molar-refractivity contribution >= 4 is 23.4 Å². The quantitative estimate of drug-likeness (QED) is 0.641. The molecule has 1 rings (SSSR count). The van der Waals surface area contributed by atoms with Crippen molar-refractivity contribution in [2.45, 2.75) is 32.4 Å². The molecular weight excluding hydrogens is 214 g/mol. The average Bonchev–Trinajstić information content (AvgIpc) is 1.91. The molecule has 1 aliphatic heterocycles. The van der Waals surface area contributed by atoms with E-state index >= 15 is 0 Å². The van der Waals surface area contributed by atoms with Gasteiger partial charge in [0.15, 0.2) is 5.11 Å². The van der Waals surface area contributed by atoms with Gasteiger partial charge < -0.3 is 20.7 Å². The Labute approximate surface area is 94.9 Å². The van der Waals surface area contributed by atoms with Crippen LogP contribution < -0.4 is 11.1 Å². The largest absolute Gasteiger partial charge is 0.444 e. The van der Waals surface area contributed by atoms with Crippen molar-refractivity contribution in [1.82, 2.24) is 10.2 Å². The van der Waals surface area contributed by atoms with Gasteiger partial charge in [0.2, 0.25) is 0 Å². The molecule has 0 aromatic heterocycles. The minimum absolute atomic E-state index is 0.0846. The van der Waals surface area contributed by atoms with Crippen LogP contribution in [0.25, 0.3) is 0 Å². The van der Waals surface area contributed by atoms with Crippen LogP contribution in [0.5, 0.6) is 0 Å². The molecule has 0 aliphatic carbocycles. The summed E-state index contributed by atoms with van der Waals surface area (Å²) < 4.78 is 5.11. The van der Waals surface area contributed by atoms with Crippen LogP contribution in [0.2, 0.25) is 0 Å². The Morgan fingerprint density at radius 1 is 1.53 bits per heavy atom. The number of hydrogen-bond donors (Lipinski definition) is 2.